The van der Waals surface area contributed by atoms with Crippen molar-refractivity contribution in [1.29, 1.82) is 0 Å². The molecule has 0 aromatic heterocycles. The number of hydrogen-bond acceptors (Lipinski definition) is 4. The van der Waals surface area contributed by atoms with Gasteiger partial charge in [0, 0.05) is 31.8 Å². The number of rotatable bonds is 6. The molecule has 1 aliphatic rings. The van der Waals surface area contributed by atoms with Crippen LogP contribution in [0.3, 0.4) is 0 Å². The van der Waals surface area contributed by atoms with Crippen LogP contribution in [-0.4, -0.2) is 44.9 Å². The average molecular weight is 388 g/mol. The maximum absolute atomic E-state index is 12.9. The number of carbonyl (C=O) groups excluding carboxylic acids is 1. The van der Waals surface area contributed by atoms with E-state index in [0.717, 1.165) is 5.56 Å². The lowest BCUT2D eigenvalue weighted by Gasteiger charge is -2.28. The van der Waals surface area contributed by atoms with Crippen molar-refractivity contribution in [1.82, 2.24) is 9.62 Å². The predicted octanol–water partition coefficient (Wildman–Crippen LogP) is 2.20. The van der Waals surface area contributed by atoms with E-state index >= 15 is 0 Å². The fraction of sp³-hybridized carbons (Fsp3) is 0.350. The first-order chi connectivity index (χ1) is 12.9. The van der Waals surface area contributed by atoms with Gasteiger partial charge in [0.05, 0.1) is 11.5 Å². The molecule has 7 heteroatoms. The smallest absolute Gasteiger partial charge is 0.251 e. The van der Waals surface area contributed by atoms with Gasteiger partial charge in [-0.15, -0.1) is 0 Å². The molecule has 0 saturated heterocycles. The number of sulfonamides is 1. The maximum Gasteiger partial charge on any atom is 0.251 e. The van der Waals surface area contributed by atoms with E-state index in [4.69, 9.17) is 4.74 Å². The van der Waals surface area contributed by atoms with Crippen LogP contribution in [-0.2, 0) is 27.7 Å². The Morgan fingerprint density at radius 2 is 1.81 bits per heavy atom. The Hall–Kier alpha value is -2.22. The Bertz CT molecular complexity index is 910. The second-order valence-electron chi connectivity index (χ2n) is 6.71. The van der Waals surface area contributed by atoms with E-state index in [-0.39, 0.29) is 16.8 Å². The molecule has 0 aliphatic carbocycles. The molecule has 1 atom stereocenters. The average Bonchev–Trinajstić information content (AvgIpc) is 2.67. The molecular formula is C20H24N2O4S. The minimum atomic E-state index is -3.60. The van der Waals surface area contributed by atoms with E-state index in [1.165, 1.54) is 22.0 Å². The van der Waals surface area contributed by atoms with Gasteiger partial charge in [-0.3, -0.25) is 4.79 Å². The number of nitrogens with one attached hydrogen (secondary N) is 1. The lowest BCUT2D eigenvalue weighted by atomic mass is 10.0. The van der Waals surface area contributed by atoms with Gasteiger partial charge in [-0.25, -0.2) is 8.42 Å². The zero-order chi connectivity index (χ0) is 19.4. The zero-order valence-corrected chi connectivity index (χ0v) is 16.3. The van der Waals surface area contributed by atoms with Gasteiger partial charge in [-0.1, -0.05) is 24.3 Å². The number of ether oxygens (including phenoxy) is 1. The molecular weight excluding hydrogens is 364 g/mol. The quantitative estimate of drug-likeness (QED) is 0.823. The van der Waals surface area contributed by atoms with Crippen LogP contribution >= 0.6 is 0 Å². The number of methoxy groups -OCH3 is 1. The van der Waals surface area contributed by atoms with Gasteiger partial charge in [0.1, 0.15) is 0 Å². The van der Waals surface area contributed by atoms with Gasteiger partial charge in [-0.05, 0) is 48.7 Å². The van der Waals surface area contributed by atoms with Gasteiger partial charge in [0.25, 0.3) is 5.91 Å². The lowest BCUT2D eigenvalue weighted by Crippen LogP contribution is -2.36. The van der Waals surface area contributed by atoms with Crippen molar-refractivity contribution in [3.05, 3.63) is 65.2 Å². The van der Waals surface area contributed by atoms with Crippen LogP contribution in [0, 0.1) is 0 Å². The Labute approximate surface area is 160 Å². The summed E-state index contributed by atoms with van der Waals surface area (Å²) in [6.07, 6.45) is 0.702. The molecule has 0 fully saturated rings. The molecule has 144 valence electrons. The summed E-state index contributed by atoms with van der Waals surface area (Å²) in [7, 11) is -2.03. The van der Waals surface area contributed by atoms with Crippen molar-refractivity contribution in [3.63, 3.8) is 0 Å². The largest absolute Gasteiger partial charge is 0.383 e. The molecule has 1 heterocycles. The second-order valence-corrected chi connectivity index (χ2v) is 8.65. The third-order valence-electron chi connectivity index (χ3n) is 4.64. The standard InChI is InChI=1S/C20H24N2O4S/c1-15(14-26-2)21-20(23)17-7-9-19(10-8-17)27(24,25)22-12-11-16-5-3-4-6-18(16)13-22/h3-10,15H,11-14H2,1-2H3,(H,21,23)/t15-/m1/s1. The van der Waals surface area contributed by atoms with E-state index in [1.807, 2.05) is 31.2 Å². The molecule has 1 N–H and O–H groups in total. The maximum atomic E-state index is 12.9. The molecule has 1 aliphatic heterocycles. The third-order valence-corrected chi connectivity index (χ3v) is 6.50. The number of benzene rings is 2. The molecule has 0 unspecified atom stereocenters. The van der Waals surface area contributed by atoms with Gasteiger partial charge in [0.2, 0.25) is 10.0 Å². The SMILES string of the molecule is COC[C@@H](C)NC(=O)c1ccc(S(=O)(=O)N2CCc3ccccc3C2)cc1. The van der Waals surface area contributed by atoms with Crippen molar-refractivity contribution in [2.24, 2.45) is 0 Å². The fourth-order valence-corrected chi connectivity index (χ4v) is 4.62. The van der Waals surface area contributed by atoms with Crippen LogP contribution in [0.1, 0.15) is 28.4 Å². The highest BCUT2D eigenvalue weighted by molar-refractivity contribution is 7.89. The monoisotopic (exact) mass is 388 g/mol. The first-order valence-electron chi connectivity index (χ1n) is 8.88. The Morgan fingerprint density at radius 1 is 1.15 bits per heavy atom. The molecule has 0 spiro atoms. The van der Waals surface area contributed by atoms with E-state index in [1.54, 1.807) is 19.2 Å². The molecule has 2 aromatic carbocycles. The molecule has 0 radical (unpaired) electrons. The molecule has 0 saturated carbocycles. The molecule has 3 rings (SSSR count). The van der Waals surface area contributed by atoms with Crippen molar-refractivity contribution in [3.8, 4) is 0 Å². The van der Waals surface area contributed by atoms with E-state index in [0.29, 0.717) is 31.7 Å². The summed E-state index contributed by atoms with van der Waals surface area (Å²) < 4.78 is 32.4. The van der Waals surface area contributed by atoms with Gasteiger partial charge < -0.3 is 10.1 Å². The lowest BCUT2D eigenvalue weighted by molar-refractivity contribution is 0.0905. The summed E-state index contributed by atoms with van der Waals surface area (Å²) >= 11 is 0. The van der Waals surface area contributed by atoms with E-state index in [9.17, 15) is 13.2 Å². The highest BCUT2D eigenvalue weighted by Crippen LogP contribution is 2.25. The predicted molar refractivity (Wildman–Crippen MR) is 103 cm³/mol. The van der Waals surface area contributed by atoms with Crippen LogP contribution in [0.25, 0.3) is 0 Å². The van der Waals surface area contributed by atoms with Crippen molar-refractivity contribution in [2.75, 3.05) is 20.3 Å². The van der Waals surface area contributed by atoms with E-state index in [2.05, 4.69) is 5.32 Å². The second kappa shape index (κ2) is 8.21. The summed E-state index contributed by atoms with van der Waals surface area (Å²) in [5.74, 6) is -0.254. The minimum absolute atomic E-state index is 0.126. The zero-order valence-electron chi connectivity index (χ0n) is 15.5. The Morgan fingerprint density at radius 3 is 2.48 bits per heavy atom. The van der Waals surface area contributed by atoms with Crippen LogP contribution in [0.2, 0.25) is 0 Å². The first-order valence-corrected chi connectivity index (χ1v) is 10.3. The summed E-state index contributed by atoms with van der Waals surface area (Å²) in [6.45, 7) is 3.08. The highest BCUT2D eigenvalue weighted by Gasteiger charge is 2.28. The molecule has 2 aromatic rings. The number of nitrogens with zero attached hydrogens (tertiary/aromatic N) is 1. The van der Waals surface area contributed by atoms with Crippen molar-refractivity contribution >= 4 is 15.9 Å². The van der Waals surface area contributed by atoms with E-state index < -0.39 is 10.0 Å². The van der Waals surface area contributed by atoms with Crippen LogP contribution in [0.15, 0.2) is 53.4 Å². The molecule has 0 bridgehead atoms. The van der Waals surface area contributed by atoms with Crippen LogP contribution in [0.5, 0.6) is 0 Å². The normalized spacial score (nSPS) is 15.8. The minimum Gasteiger partial charge on any atom is -0.383 e. The fourth-order valence-electron chi connectivity index (χ4n) is 3.20. The summed E-state index contributed by atoms with van der Waals surface area (Å²) in [5.41, 5.74) is 2.65. The Kier molecular flexibility index (Phi) is 5.94. The molecule has 27 heavy (non-hydrogen) atoms. The topological polar surface area (TPSA) is 75.7 Å². The number of amides is 1. The molecule has 6 nitrogen and oxygen atoms in total. The number of hydrogen-bond donors (Lipinski definition) is 1. The summed E-state index contributed by atoms with van der Waals surface area (Å²) in [5, 5.41) is 2.81. The molecule has 1 amide bonds. The van der Waals surface area contributed by atoms with Crippen LogP contribution < -0.4 is 5.32 Å². The first kappa shape index (κ1) is 19.5. The van der Waals surface area contributed by atoms with Gasteiger partial charge in [-0.2, -0.15) is 4.31 Å². The highest BCUT2D eigenvalue weighted by atomic mass is 32.2. The third kappa shape index (κ3) is 4.37. The number of fused-ring (bicyclic) bond motifs is 1. The van der Waals surface area contributed by atoms with Gasteiger partial charge in [0.15, 0.2) is 0 Å². The Balaban J connectivity index is 1.73. The van der Waals surface area contributed by atoms with Crippen molar-refractivity contribution < 1.29 is 17.9 Å². The summed E-state index contributed by atoms with van der Waals surface area (Å²) in [6, 6.07) is 13.8. The van der Waals surface area contributed by atoms with Gasteiger partial charge >= 0.3 is 0 Å². The summed E-state index contributed by atoms with van der Waals surface area (Å²) in [4.78, 5) is 12.4. The van der Waals surface area contributed by atoms with Crippen molar-refractivity contribution in [2.45, 2.75) is 30.8 Å². The number of carbonyl (C=O) groups is 1. The van der Waals surface area contributed by atoms with Crippen LogP contribution in [0.4, 0.5) is 0 Å².